The van der Waals surface area contributed by atoms with Crippen LogP contribution < -0.4 is 21.3 Å². The van der Waals surface area contributed by atoms with E-state index in [2.05, 4.69) is 21.3 Å². The van der Waals surface area contributed by atoms with Crippen LogP contribution in [0.4, 0.5) is 0 Å². The van der Waals surface area contributed by atoms with E-state index in [-0.39, 0.29) is 49.3 Å². The van der Waals surface area contributed by atoms with Gasteiger partial charge in [-0.15, -0.1) is 0 Å². The molecule has 2 atom stereocenters. The molecule has 0 heterocycles. The number of carbonyl (C=O) groups excluding carboxylic acids is 4. The third-order valence-electron chi connectivity index (χ3n) is 6.48. The van der Waals surface area contributed by atoms with Crippen LogP contribution in [0.5, 0.6) is 0 Å². The number of aryl methyl sites for hydroxylation is 1. The van der Waals surface area contributed by atoms with Crippen LogP contribution in [0, 0.1) is 0 Å². The van der Waals surface area contributed by atoms with Gasteiger partial charge in [0, 0.05) is 49.9 Å². The molecule has 0 bridgehead atoms. The number of fused-ring (bicyclic) bond motifs is 1. The van der Waals surface area contributed by atoms with Crippen molar-refractivity contribution >= 4 is 34.4 Å². The van der Waals surface area contributed by atoms with Gasteiger partial charge in [-0.2, -0.15) is 0 Å². The lowest BCUT2D eigenvalue weighted by molar-refractivity contribution is -0.125. The van der Waals surface area contributed by atoms with Crippen molar-refractivity contribution in [1.29, 1.82) is 0 Å². The van der Waals surface area contributed by atoms with Gasteiger partial charge in [-0.1, -0.05) is 72.8 Å². The van der Waals surface area contributed by atoms with Gasteiger partial charge in [0.05, 0.1) is 0 Å². The van der Waals surface area contributed by atoms with Gasteiger partial charge in [-0.25, -0.2) is 0 Å². The molecule has 218 valence electrons. The van der Waals surface area contributed by atoms with Gasteiger partial charge < -0.3 is 21.3 Å². The standard InChI is InChI=1S/C33H42N4O4/c1-23(19-30(39)34-22-26-15-10-14-25-13-8-9-16-28(25)26)35-31(40)20-27(21-32(41)37-33(2,3)4)36-29(38)18-17-24-11-6-5-7-12-24/h5-16,23,27H,17-22H2,1-4H3,(H,34,39)(H,35,40)(H,36,38)(H,37,41)/t23-,27+/m0/s1. The highest BCUT2D eigenvalue weighted by Gasteiger charge is 2.23. The molecular formula is C33H42N4O4. The summed E-state index contributed by atoms with van der Waals surface area (Å²) >= 11 is 0. The normalized spacial score (nSPS) is 12.7. The van der Waals surface area contributed by atoms with Crippen LogP contribution in [-0.4, -0.2) is 41.3 Å². The van der Waals surface area contributed by atoms with E-state index in [1.54, 1.807) is 6.92 Å². The minimum absolute atomic E-state index is 0.0261. The van der Waals surface area contributed by atoms with Crippen molar-refractivity contribution in [2.45, 2.75) is 84.0 Å². The maximum absolute atomic E-state index is 12.9. The second-order valence-electron chi connectivity index (χ2n) is 11.5. The molecule has 0 unspecified atom stereocenters. The Hall–Kier alpha value is -4.20. The highest BCUT2D eigenvalue weighted by molar-refractivity contribution is 5.87. The van der Waals surface area contributed by atoms with E-state index < -0.39 is 17.6 Å². The van der Waals surface area contributed by atoms with Crippen molar-refractivity contribution in [3.05, 3.63) is 83.9 Å². The number of carbonyl (C=O) groups is 4. The quantitative estimate of drug-likeness (QED) is 0.252. The van der Waals surface area contributed by atoms with Gasteiger partial charge in [-0.3, -0.25) is 19.2 Å². The Morgan fingerprint density at radius 3 is 2.10 bits per heavy atom. The predicted octanol–water partition coefficient (Wildman–Crippen LogP) is 4.16. The SMILES string of the molecule is C[C@@H](CC(=O)NCc1cccc2ccccc12)NC(=O)C[C@H](CC(=O)NC(C)(C)C)NC(=O)CCc1ccccc1. The van der Waals surface area contributed by atoms with E-state index in [0.717, 1.165) is 21.9 Å². The minimum atomic E-state index is -0.673. The molecule has 0 aromatic heterocycles. The van der Waals surface area contributed by atoms with Crippen LogP contribution >= 0.6 is 0 Å². The number of hydrogen-bond acceptors (Lipinski definition) is 4. The monoisotopic (exact) mass is 558 g/mol. The first-order chi connectivity index (χ1) is 19.5. The lowest BCUT2D eigenvalue weighted by atomic mass is 10.0. The molecule has 3 aromatic carbocycles. The van der Waals surface area contributed by atoms with E-state index in [4.69, 9.17) is 0 Å². The zero-order chi connectivity index (χ0) is 29.8. The topological polar surface area (TPSA) is 116 Å². The molecular weight excluding hydrogens is 516 g/mol. The van der Waals surface area contributed by atoms with Crippen molar-refractivity contribution in [3.63, 3.8) is 0 Å². The summed E-state index contributed by atoms with van der Waals surface area (Å²) in [6.45, 7) is 7.77. The molecule has 0 aliphatic carbocycles. The summed E-state index contributed by atoms with van der Waals surface area (Å²) in [5, 5.41) is 13.7. The fraction of sp³-hybridized carbons (Fsp3) is 0.394. The summed E-state index contributed by atoms with van der Waals surface area (Å²) in [4.78, 5) is 50.8. The Labute approximate surface area is 242 Å². The van der Waals surface area contributed by atoms with E-state index in [1.807, 2.05) is 93.6 Å². The van der Waals surface area contributed by atoms with Crippen molar-refractivity contribution in [3.8, 4) is 0 Å². The molecule has 0 aliphatic heterocycles. The Morgan fingerprint density at radius 2 is 1.37 bits per heavy atom. The molecule has 0 saturated carbocycles. The zero-order valence-electron chi connectivity index (χ0n) is 24.5. The predicted molar refractivity (Wildman–Crippen MR) is 162 cm³/mol. The fourth-order valence-corrected chi connectivity index (χ4v) is 4.67. The van der Waals surface area contributed by atoms with E-state index in [1.165, 1.54) is 0 Å². The smallest absolute Gasteiger partial charge is 0.222 e. The molecule has 0 fully saturated rings. The lowest BCUT2D eigenvalue weighted by Crippen LogP contribution is -2.47. The van der Waals surface area contributed by atoms with Crippen molar-refractivity contribution in [1.82, 2.24) is 21.3 Å². The molecule has 8 nitrogen and oxygen atoms in total. The fourth-order valence-electron chi connectivity index (χ4n) is 4.67. The van der Waals surface area contributed by atoms with Crippen LogP contribution in [0.2, 0.25) is 0 Å². The third kappa shape index (κ3) is 11.4. The summed E-state index contributed by atoms with van der Waals surface area (Å²) in [5.41, 5.74) is 1.62. The van der Waals surface area contributed by atoms with Crippen molar-refractivity contribution in [2.24, 2.45) is 0 Å². The summed E-state index contributed by atoms with van der Waals surface area (Å²) in [6.07, 6.45) is 0.814. The second-order valence-corrected chi connectivity index (χ2v) is 11.5. The van der Waals surface area contributed by atoms with Crippen molar-refractivity contribution in [2.75, 3.05) is 0 Å². The molecule has 3 rings (SSSR count). The lowest BCUT2D eigenvalue weighted by Gasteiger charge is -2.24. The molecule has 41 heavy (non-hydrogen) atoms. The number of amides is 4. The number of hydrogen-bond donors (Lipinski definition) is 4. The number of benzene rings is 3. The van der Waals surface area contributed by atoms with Crippen LogP contribution in [0.15, 0.2) is 72.8 Å². The average Bonchev–Trinajstić information content (AvgIpc) is 2.90. The number of rotatable bonds is 13. The van der Waals surface area contributed by atoms with Crippen LogP contribution in [0.1, 0.15) is 64.5 Å². The third-order valence-corrected chi connectivity index (χ3v) is 6.48. The van der Waals surface area contributed by atoms with Crippen LogP contribution in [-0.2, 0) is 32.1 Å². The van der Waals surface area contributed by atoms with Gasteiger partial charge in [0.1, 0.15) is 0 Å². The maximum Gasteiger partial charge on any atom is 0.222 e. The van der Waals surface area contributed by atoms with Gasteiger partial charge in [0.25, 0.3) is 0 Å². The molecule has 4 amide bonds. The highest BCUT2D eigenvalue weighted by atomic mass is 16.2. The minimum Gasteiger partial charge on any atom is -0.353 e. The van der Waals surface area contributed by atoms with E-state index >= 15 is 0 Å². The highest BCUT2D eigenvalue weighted by Crippen LogP contribution is 2.18. The van der Waals surface area contributed by atoms with Crippen LogP contribution in [0.25, 0.3) is 10.8 Å². The molecule has 0 spiro atoms. The Morgan fingerprint density at radius 1 is 0.707 bits per heavy atom. The van der Waals surface area contributed by atoms with E-state index in [0.29, 0.717) is 13.0 Å². The van der Waals surface area contributed by atoms with Gasteiger partial charge in [0.2, 0.25) is 23.6 Å². The summed E-state index contributed by atoms with van der Waals surface area (Å²) in [6, 6.07) is 22.6. The molecule has 8 heteroatoms. The average molecular weight is 559 g/mol. The zero-order valence-corrected chi connectivity index (χ0v) is 24.5. The first-order valence-corrected chi connectivity index (χ1v) is 14.2. The Bertz CT molecular complexity index is 1330. The first-order valence-electron chi connectivity index (χ1n) is 14.2. The van der Waals surface area contributed by atoms with Gasteiger partial charge in [-0.05, 0) is 56.0 Å². The van der Waals surface area contributed by atoms with Crippen molar-refractivity contribution < 1.29 is 19.2 Å². The van der Waals surface area contributed by atoms with E-state index in [9.17, 15) is 19.2 Å². The molecule has 3 aromatic rings. The number of nitrogens with one attached hydrogen (secondary N) is 4. The summed E-state index contributed by atoms with van der Waals surface area (Å²) < 4.78 is 0. The maximum atomic E-state index is 12.9. The van der Waals surface area contributed by atoms with Gasteiger partial charge >= 0.3 is 0 Å². The summed E-state index contributed by atoms with van der Waals surface area (Å²) in [7, 11) is 0. The van der Waals surface area contributed by atoms with Crippen LogP contribution in [0.3, 0.4) is 0 Å². The first kappa shape index (κ1) is 31.3. The molecule has 0 radical (unpaired) electrons. The largest absolute Gasteiger partial charge is 0.353 e. The Balaban J connectivity index is 1.51. The Kier molecular flexibility index (Phi) is 11.4. The molecule has 0 aliphatic rings. The van der Waals surface area contributed by atoms with Gasteiger partial charge in [0.15, 0.2) is 0 Å². The summed E-state index contributed by atoms with van der Waals surface area (Å²) in [5.74, 6) is -0.993. The molecule has 0 saturated heterocycles. The molecule has 4 N–H and O–H groups in total. The second kappa shape index (κ2) is 15.0.